The first kappa shape index (κ1) is 24.8. The molecule has 0 saturated heterocycles. The monoisotopic (exact) mass is 346 g/mol. The molecule has 1 N–H and O–H groups in total. The molecular weight excluding hydrogens is 315 g/mol. The molecule has 7 heteroatoms. The van der Waals surface area contributed by atoms with Crippen LogP contribution < -0.4 is 29.6 Å². The Morgan fingerprint density at radius 2 is 1.45 bits per heavy atom. The average Bonchev–Trinajstić information content (AvgIpc) is 2.43. The van der Waals surface area contributed by atoms with Crippen LogP contribution in [0.25, 0.3) is 0 Å². The summed E-state index contributed by atoms with van der Waals surface area (Å²) in [6, 6.07) is 0. The molecule has 0 bridgehead atoms. The maximum absolute atomic E-state index is 11.5. The molecule has 0 heterocycles. The van der Waals surface area contributed by atoms with Gasteiger partial charge in [-0.3, -0.25) is 4.79 Å². The Labute approximate surface area is 159 Å². The molecule has 0 spiro atoms. The zero-order chi connectivity index (χ0) is 16.0. The standard InChI is InChI=1S/C15H30O5S.Na.H/c1-2-3-4-5-6-7-8-9-10-11-15(17)12-13-21(18,19)20-14-16;;/h16H,2-14H2,1H3;;/q;+1;-1. The van der Waals surface area contributed by atoms with Crippen LogP contribution in [-0.4, -0.2) is 31.9 Å². The van der Waals surface area contributed by atoms with E-state index in [1.807, 2.05) is 0 Å². The number of carbonyl (C=O) groups excluding carboxylic acids is 1. The Hall–Kier alpha value is 0.540. The first-order valence-electron chi connectivity index (χ1n) is 8.01. The van der Waals surface area contributed by atoms with Gasteiger partial charge in [-0.2, -0.15) is 8.42 Å². The predicted molar refractivity (Wildman–Crippen MR) is 84.5 cm³/mol. The number of unbranched alkanes of at least 4 members (excludes halogenated alkanes) is 8. The van der Waals surface area contributed by atoms with Crippen LogP contribution >= 0.6 is 0 Å². The topological polar surface area (TPSA) is 80.7 Å². The third-order valence-corrected chi connectivity index (χ3v) is 4.59. The van der Waals surface area contributed by atoms with Gasteiger partial charge in [0.15, 0.2) is 6.79 Å². The number of rotatable bonds is 15. The van der Waals surface area contributed by atoms with Crippen LogP contribution in [0.4, 0.5) is 0 Å². The zero-order valence-electron chi connectivity index (χ0n) is 15.2. The van der Waals surface area contributed by atoms with E-state index in [0.29, 0.717) is 6.42 Å². The summed E-state index contributed by atoms with van der Waals surface area (Å²) in [6.07, 6.45) is 11.1. The summed E-state index contributed by atoms with van der Waals surface area (Å²) in [5.74, 6) is -0.396. The molecule has 0 fully saturated rings. The van der Waals surface area contributed by atoms with Crippen molar-refractivity contribution in [3.8, 4) is 0 Å². The van der Waals surface area contributed by atoms with E-state index in [2.05, 4.69) is 11.1 Å². The summed E-state index contributed by atoms with van der Waals surface area (Å²) in [5, 5.41) is 8.37. The maximum atomic E-state index is 11.5. The Balaban J connectivity index is -0.00000200. The maximum Gasteiger partial charge on any atom is 1.00 e. The molecule has 22 heavy (non-hydrogen) atoms. The van der Waals surface area contributed by atoms with Crippen LogP contribution in [-0.2, 0) is 19.1 Å². The number of aliphatic hydroxyl groups excluding tert-OH is 1. The van der Waals surface area contributed by atoms with E-state index in [1.54, 1.807) is 0 Å². The van der Waals surface area contributed by atoms with Gasteiger partial charge < -0.3 is 6.53 Å². The second-order valence-electron chi connectivity index (χ2n) is 5.38. The second kappa shape index (κ2) is 16.4. The average molecular weight is 346 g/mol. The number of ketones is 1. The molecule has 0 rings (SSSR count). The van der Waals surface area contributed by atoms with E-state index in [-0.39, 0.29) is 48.9 Å². The fraction of sp³-hybridized carbons (Fsp3) is 0.933. The van der Waals surface area contributed by atoms with Crippen molar-refractivity contribution in [2.75, 3.05) is 12.5 Å². The fourth-order valence-corrected chi connectivity index (χ4v) is 2.89. The molecule has 0 amide bonds. The van der Waals surface area contributed by atoms with E-state index < -0.39 is 16.9 Å². The van der Waals surface area contributed by atoms with E-state index in [1.165, 1.54) is 38.5 Å². The minimum absolute atomic E-state index is 0. The van der Waals surface area contributed by atoms with Crippen LogP contribution in [0.3, 0.4) is 0 Å². The molecule has 0 aromatic rings. The number of hydrogen-bond acceptors (Lipinski definition) is 5. The molecule has 128 valence electrons. The van der Waals surface area contributed by atoms with Crippen LogP contribution in [0, 0.1) is 0 Å². The summed E-state index contributed by atoms with van der Waals surface area (Å²) in [5.41, 5.74) is 0. The minimum atomic E-state index is -3.75. The Bertz CT molecular complexity index is 363. The number of aliphatic hydroxyl groups is 1. The van der Waals surface area contributed by atoms with Crippen molar-refractivity contribution in [1.29, 1.82) is 0 Å². The normalized spacial score (nSPS) is 11.2. The number of Topliss-reactive ketones (excluding diaryl/α,β-unsaturated/α-hetero) is 1. The van der Waals surface area contributed by atoms with Gasteiger partial charge in [-0.25, -0.2) is 4.18 Å². The third-order valence-electron chi connectivity index (χ3n) is 3.42. The molecule has 0 radical (unpaired) electrons. The fourth-order valence-electron chi connectivity index (χ4n) is 2.14. The molecule has 0 saturated carbocycles. The summed E-state index contributed by atoms with van der Waals surface area (Å²) in [7, 11) is -3.75. The van der Waals surface area contributed by atoms with Crippen LogP contribution in [0.2, 0.25) is 0 Å². The third kappa shape index (κ3) is 16.9. The van der Waals surface area contributed by atoms with Crippen molar-refractivity contribution in [3.63, 3.8) is 0 Å². The smallest absolute Gasteiger partial charge is 1.00 e. The molecule has 0 unspecified atom stereocenters. The van der Waals surface area contributed by atoms with Crippen LogP contribution in [0.1, 0.15) is 79.0 Å². The second-order valence-corrected chi connectivity index (χ2v) is 7.14. The van der Waals surface area contributed by atoms with Crippen LogP contribution in [0.5, 0.6) is 0 Å². The van der Waals surface area contributed by atoms with Crippen molar-refractivity contribution in [3.05, 3.63) is 0 Å². The molecule has 0 aromatic heterocycles. The molecule has 0 aliphatic carbocycles. The van der Waals surface area contributed by atoms with Crippen molar-refractivity contribution < 1.29 is 53.5 Å². The quantitative estimate of drug-likeness (QED) is 0.199. The van der Waals surface area contributed by atoms with E-state index in [9.17, 15) is 13.2 Å². The van der Waals surface area contributed by atoms with E-state index in [4.69, 9.17) is 5.11 Å². The first-order valence-corrected chi connectivity index (χ1v) is 9.59. The van der Waals surface area contributed by atoms with Gasteiger partial charge >= 0.3 is 29.6 Å². The SMILES string of the molecule is CCCCCCCCCCCC(=O)CCS(=O)(=O)OCO.[H-].[Na+]. The Kier molecular flexibility index (Phi) is 18.5. The van der Waals surface area contributed by atoms with Gasteiger partial charge in [-0.1, -0.05) is 58.3 Å². The predicted octanol–water partition coefficient (Wildman–Crippen LogP) is 0.279. The Morgan fingerprint density at radius 1 is 0.955 bits per heavy atom. The van der Waals surface area contributed by atoms with Crippen molar-refractivity contribution in [1.82, 2.24) is 0 Å². The summed E-state index contributed by atoms with van der Waals surface area (Å²) in [6.45, 7) is 1.34. The molecule has 5 nitrogen and oxygen atoms in total. The zero-order valence-corrected chi connectivity index (χ0v) is 17.0. The van der Waals surface area contributed by atoms with Gasteiger partial charge in [0.25, 0.3) is 10.1 Å². The van der Waals surface area contributed by atoms with Crippen LogP contribution in [0.15, 0.2) is 0 Å². The van der Waals surface area contributed by atoms with Gasteiger partial charge in [-0.15, -0.1) is 0 Å². The van der Waals surface area contributed by atoms with E-state index in [0.717, 1.165) is 19.3 Å². The van der Waals surface area contributed by atoms with Gasteiger partial charge in [0, 0.05) is 12.8 Å². The molecule has 0 aliphatic rings. The summed E-state index contributed by atoms with van der Waals surface area (Å²) < 4.78 is 26.4. The van der Waals surface area contributed by atoms with Gasteiger partial charge in [0.1, 0.15) is 5.78 Å². The largest absolute Gasteiger partial charge is 1.00 e. The number of hydrogen-bond donors (Lipinski definition) is 1. The Morgan fingerprint density at radius 3 is 1.95 bits per heavy atom. The molecular formula is C15H31NaO5S. The van der Waals surface area contributed by atoms with Gasteiger partial charge in [0.2, 0.25) is 0 Å². The summed E-state index contributed by atoms with van der Waals surface area (Å²) >= 11 is 0. The van der Waals surface area contributed by atoms with E-state index >= 15 is 0 Å². The van der Waals surface area contributed by atoms with Gasteiger partial charge in [-0.05, 0) is 6.42 Å². The summed E-state index contributed by atoms with van der Waals surface area (Å²) in [4.78, 5) is 11.5. The first-order chi connectivity index (χ1) is 10.0. The van der Waals surface area contributed by atoms with Crippen molar-refractivity contribution >= 4 is 15.9 Å². The van der Waals surface area contributed by atoms with Crippen molar-refractivity contribution in [2.45, 2.75) is 77.6 Å². The molecule has 0 aromatic carbocycles. The number of carbonyl (C=O) groups is 1. The molecule has 0 atom stereocenters. The van der Waals surface area contributed by atoms with Crippen molar-refractivity contribution in [2.24, 2.45) is 0 Å². The van der Waals surface area contributed by atoms with Gasteiger partial charge in [0.05, 0.1) is 5.75 Å². The molecule has 0 aliphatic heterocycles. The minimum Gasteiger partial charge on any atom is -1.00 e.